The van der Waals surface area contributed by atoms with Crippen molar-refractivity contribution in [2.45, 2.75) is 18.4 Å². The number of benzene rings is 1. The molecule has 4 nitrogen and oxygen atoms in total. The molecule has 2 saturated heterocycles. The van der Waals surface area contributed by atoms with E-state index in [1.807, 2.05) is 18.2 Å². The number of para-hydroxylation sites is 1. The van der Waals surface area contributed by atoms with Crippen LogP contribution in [0.4, 0.5) is 5.69 Å². The van der Waals surface area contributed by atoms with Gasteiger partial charge in [0.15, 0.2) is 0 Å². The molecule has 0 bridgehead atoms. The molecule has 1 aromatic rings. The van der Waals surface area contributed by atoms with E-state index in [1.165, 1.54) is 0 Å². The Hall–Kier alpha value is -1.55. The minimum absolute atomic E-state index is 0.203. The van der Waals surface area contributed by atoms with Gasteiger partial charge in [-0.3, -0.25) is 4.79 Å². The van der Waals surface area contributed by atoms with Crippen LogP contribution in [0.2, 0.25) is 0 Å². The Kier molecular flexibility index (Phi) is 2.52. The maximum absolute atomic E-state index is 12.2. The van der Waals surface area contributed by atoms with Crippen molar-refractivity contribution in [3.05, 3.63) is 30.3 Å². The normalized spacial score (nSPS) is 22.8. The zero-order valence-corrected chi connectivity index (χ0v) is 9.86. The summed E-state index contributed by atoms with van der Waals surface area (Å²) >= 11 is 0. The molecule has 0 aliphatic carbocycles. The molecule has 90 valence electrons. The smallest absolute Gasteiger partial charge is 0.247 e. The van der Waals surface area contributed by atoms with E-state index >= 15 is 0 Å². The van der Waals surface area contributed by atoms with Gasteiger partial charge in [0.05, 0.1) is 19.8 Å². The first-order chi connectivity index (χ1) is 8.33. The van der Waals surface area contributed by atoms with Crippen molar-refractivity contribution in [1.29, 1.82) is 0 Å². The van der Waals surface area contributed by atoms with Crippen LogP contribution in [0.5, 0.6) is 0 Å². The Labute approximate surface area is 101 Å². The van der Waals surface area contributed by atoms with Crippen molar-refractivity contribution in [3.8, 4) is 0 Å². The number of amides is 1. The third kappa shape index (κ3) is 1.60. The van der Waals surface area contributed by atoms with Gasteiger partial charge in [0.2, 0.25) is 5.91 Å². The van der Waals surface area contributed by atoms with E-state index in [-0.39, 0.29) is 11.4 Å². The lowest BCUT2D eigenvalue weighted by atomic mass is 9.86. The quantitative estimate of drug-likeness (QED) is 0.697. The fraction of sp³-hybridized carbons (Fsp3) is 0.462. The number of quaternary nitrogens is 1. The average Bonchev–Trinajstić information content (AvgIpc) is 2.69. The molecule has 17 heavy (non-hydrogen) atoms. The molecule has 2 aliphatic heterocycles. The minimum atomic E-state index is -0.296. The van der Waals surface area contributed by atoms with Gasteiger partial charge >= 0.3 is 0 Å². The molecular formula is C13H18N3O+. The Balaban J connectivity index is 1.96. The van der Waals surface area contributed by atoms with Gasteiger partial charge in [-0.2, -0.15) is 0 Å². The molecule has 1 spiro atoms. The highest BCUT2D eigenvalue weighted by atomic mass is 16.2. The number of rotatable bonds is 1. The van der Waals surface area contributed by atoms with Crippen LogP contribution in [0.25, 0.3) is 0 Å². The highest BCUT2D eigenvalue weighted by molar-refractivity contribution is 5.93. The first kappa shape index (κ1) is 10.6. The highest BCUT2D eigenvalue weighted by Gasteiger charge is 2.50. The zero-order chi connectivity index (χ0) is 11.7. The predicted molar refractivity (Wildman–Crippen MR) is 65.6 cm³/mol. The summed E-state index contributed by atoms with van der Waals surface area (Å²) in [5.74, 6) is 0.203. The summed E-state index contributed by atoms with van der Waals surface area (Å²) in [7, 11) is 0. The number of carbonyl (C=O) groups excluding carboxylic acids is 1. The Morgan fingerprint density at radius 2 is 1.88 bits per heavy atom. The summed E-state index contributed by atoms with van der Waals surface area (Å²) in [6.45, 7) is 2.72. The Morgan fingerprint density at radius 1 is 1.18 bits per heavy atom. The third-order valence-electron chi connectivity index (χ3n) is 3.93. The lowest BCUT2D eigenvalue weighted by Crippen LogP contribution is -2.89. The average molecular weight is 232 g/mol. The Bertz CT molecular complexity index is 412. The van der Waals surface area contributed by atoms with Gasteiger partial charge in [-0.25, -0.2) is 0 Å². The summed E-state index contributed by atoms with van der Waals surface area (Å²) in [5.41, 5.74) is 0.851. The number of nitrogens with zero attached hydrogens (tertiary/aromatic N) is 1. The summed E-state index contributed by atoms with van der Waals surface area (Å²) in [5, 5.41) is 5.29. The second-order valence-electron chi connectivity index (χ2n) is 4.83. The number of piperidine rings is 1. The van der Waals surface area contributed by atoms with E-state index < -0.39 is 0 Å². The zero-order valence-electron chi connectivity index (χ0n) is 9.86. The van der Waals surface area contributed by atoms with Crippen molar-refractivity contribution >= 4 is 11.6 Å². The lowest BCUT2D eigenvalue weighted by molar-refractivity contribution is -0.664. The van der Waals surface area contributed by atoms with Gasteiger partial charge < -0.3 is 15.5 Å². The number of carbonyl (C=O) groups is 1. The van der Waals surface area contributed by atoms with Crippen LogP contribution < -0.4 is 15.5 Å². The summed E-state index contributed by atoms with van der Waals surface area (Å²) < 4.78 is 0. The molecule has 1 amide bonds. The van der Waals surface area contributed by atoms with Gasteiger partial charge in [-0.05, 0) is 12.1 Å². The van der Waals surface area contributed by atoms with Crippen LogP contribution in [-0.2, 0) is 4.79 Å². The number of anilines is 1. The third-order valence-corrected chi connectivity index (χ3v) is 3.93. The SMILES string of the molecule is O=C1NCN(c2ccccc2)C12CC[NH2+]CC2. The topological polar surface area (TPSA) is 49.0 Å². The maximum atomic E-state index is 12.2. The van der Waals surface area contributed by atoms with E-state index in [9.17, 15) is 4.79 Å². The molecule has 0 atom stereocenters. The van der Waals surface area contributed by atoms with E-state index in [1.54, 1.807) is 0 Å². The van der Waals surface area contributed by atoms with Crippen LogP contribution in [0.3, 0.4) is 0 Å². The van der Waals surface area contributed by atoms with Crippen molar-refractivity contribution in [3.63, 3.8) is 0 Å². The fourth-order valence-electron chi connectivity index (χ4n) is 2.98. The van der Waals surface area contributed by atoms with Crippen molar-refractivity contribution in [2.24, 2.45) is 0 Å². The van der Waals surface area contributed by atoms with E-state index in [2.05, 4.69) is 27.7 Å². The molecule has 0 saturated carbocycles. The molecule has 4 heteroatoms. The molecular weight excluding hydrogens is 214 g/mol. The lowest BCUT2D eigenvalue weighted by Gasteiger charge is -2.38. The molecule has 2 fully saturated rings. The molecule has 2 heterocycles. The first-order valence-corrected chi connectivity index (χ1v) is 6.26. The van der Waals surface area contributed by atoms with Gasteiger partial charge in [0, 0.05) is 18.5 Å². The number of hydrogen-bond acceptors (Lipinski definition) is 2. The van der Waals surface area contributed by atoms with Crippen LogP contribution in [0.1, 0.15) is 12.8 Å². The van der Waals surface area contributed by atoms with Crippen LogP contribution >= 0.6 is 0 Å². The van der Waals surface area contributed by atoms with Gasteiger partial charge in [-0.15, -0.1) is 0 Å². The number of nitrogens with one attached hydrogen (secondary N) is 1. The van der Waals surface area contributed by atoms with Crippen LogP contribution in [0, 0.1) is 0 Å². The molecule has 2 aliphatic rings. The molecule has 1 aromatic carbocycles. The molecule has 0 radical (unpaired) electrons. The number of nitrogens with two attached hydrogens (primary N) is 1. The molecule has 3 rings (SSSR count). The van der Waals surface area contributed by atoms with Crippen LogP contribution in [0.15, 0.2) is 30.3 Å². The fourth-order valence-corrected chi connectivity index (χ4v) is 2.98. The molecule has 3 N–H and O–H groups in total. The Morgan fingerprint density at radius 3 is 2.59 bits per heavy atom. The van der Waals surface area contributed by atoms with Gasteiger partial charge in [-0.1, -0.05) is 18.2 Å². The van der Waals surface area contributed by atoms with Gasteiger partial charge in [0.25, 0.3) is 0 Å². The minimum Gasteiger partial charge on any atom is -0.346 e. The molecule has 0 unspecified atom stereocenters. The van der Waals surface area contributed by atoms with Crippen molar-refractivity contribution < 1.29 is 10.1 Å². The second kappa shape index (κ2) is 4.04. The summed E-state index contributed by atoms with van der Waals surface area (Å²) in [6.07, 6.45) is 1.88. The highest BCUT2D eigenvalue weighted by Crippen LogP contribution is 2.33. The van der Waals surface area contributed by atoms with Crippen LogP contribution in [-0.4, -0.2) is 31.2 Å². The second-order valence-corrected chi connectivity index (χ2v) is 4.83. The molecule has 0 aromatic heterocycles. The van der Waals surface area contributed by atoms with E-state index in [0.717, 1.165) is 31.6 Å². The number of hydrogen-bond donors (Lipinski definition) is 2. The predicted octanol–water partition coefficient (Wildman–Crippen LogP) is -0.324. The van der Waals surface area contributed by atoms with Gasteiger partial charge in [0.1, 0.15) is 5.54 Å². The standard InChI is InChI=1S/C13H17N3O/c17-12-13(6-8-14-9-7-13)16(10-15-12)11-4-2-1-3-5-11/h1-5,14H,6-10H2,(H,15,17)/p+1. The van der Waals surface area contributed by atoms with E-state index in [0.29, 0.717) is 6.67 Å². The summed E-state index contributed by atoms with van der Waals surface area (Å²) in [4.78, 5) is 14.4. The van der Waals surface area contributed by atoms with Crippen molar-refractivity contribution in [1.82, 2.24) is 5.32 Å². The summed E-state index contributed by atoms with van der Waals surface area (Å²) in [6, 6.07) is 10.2. The maximum Gasteiger partial charge on any atom is 0.247 e. The first-order valence-electron chi connectivity index (χ1n) is 6.26. The largest absolute Gasteiger partial charge is 0.346 e. The van der Waals surface area contributed by atoms with Crippen molar-refractivity contribution in [2.75, 3.05) is 24.7 Å². The van der Waals surface area contributed by atoms with E-state index in [4.69, 9.17) is 0 Å². The monoisotopic (exact) mass is 232 g/mol.